The van der Waals surface area contributed by atoms with Gasteiger partial charge in [0.1, 0.15) is 6.04 Å². The number of carboxylic acids is 1. The second-order valence-electron chi connectivity index (χ2n) is 4.16. The first kappa shape index (κ1) is 14.7. The monoisotopic (exact) mass is 313 g/mol. The molecule has 0 saturated carbocycles. The number of hydrogen-bond donors (Lipinski definition) is 2. The Morgan fingerprint density at radius 2 is 2.25 bits per heavy atom. The first-order chi connectivity index (χ1) is 9.40. The van der Waals surface area contributed by atoms with Crippen molar-refractivity contribution in [3.05, 3.63) is 23.2 Å². The van der Waals surface area contributed by atoms with Crippen LogP contribution in [0, 0.1) is 0 Å². The molecule has 0 spiro atoms. The first-order valence-corrected chi connectivity index (χ1v) is 7.08. The van der Waals surface area contributed by atoms with Crippen LogP contribution in [0.2, 0.25) is 5.02 Å². The molecule has 0 fully saturated rings. The Morgan fingerprint density at radius 1 is 1.55 bits per heavy atom. The van der Waals surface area contributed by atoms with Gasteiger partial charge in [-0.3, -0.25) is 9.59 Å². The fourth-order valence-electron chi connectivity index (χ4n) is 1.78. The van der Waals surface area contributed by atoms with Gasteiger partial charge in [0.2, 0.25) is 5.91 Å². The molecule has 6 nitrogen and oxygen atoms in total. The molecular weight excluding hydrogens is 302 g/mol. The number of carbonyl (C=O) groups excluding carboxylic acids is 1. The number of rotatable bonds is 5. The van der Waals surface area contributed by atoms with E-state index in [1.54, 1.807) is 29.7 Å². The summed E-state index contributed by atoms with van der Waals surface area (Å²) < 4.78 is 1.63. The lowest BCUT2D eigenvalue weighted by molar-refractivity contribution is -0.133. The Morgan fingerprint density at radius 3 is 2.85 bits per heavy atom. The lowest BCUT2D eigenvalue weighted by Gasteiger charge is -2.13. The van der Waals surface area contributed by atoms with Gasteiger partial charge >= 0.3 is 5.97 Å². The van der Waals surface area contributed by atoms with Crippen molar-refractivity contribution in [2.75, 3.05) is 5.75 Å². The standard InChI is InChI=1S/C12H12ClN3O3S/c1-6(11(14)19)16-9-3-2-7(13)4-8(9)15-12(16)20-5-10(17)18/h2-4,6H,5H2,1H3,(H2,14,19)(H,17,18). The Kier molecular flexibility index (Phi) is 4.20. The van der Waals surface area contributed by atoms with Gasteiger partial charge in [-0.15, -0.1) is 0 Å². The highest BCUT2D eigenvalue weighted by Gasteiger charge is 2.20. The number of imidazole rings is 1. The highest BCUT2D eigenvalue weighted by molar-refractivity contribution is 7.99. The summed E-state index contributed by atoms with van der Waals surface area (Å²) in [6, 6.07) is 4.44. The quantitative estimate of drug-likeness (QED) is 0.822. The average molecular weight is 314 g/mol. The number of fused-ring (bicyclic) bond motifs is 1. The molecule has 2 rings (SSSR count). The zero-order valence-electron chi connectivity index (χ0n) is 10.5. The van der Waals surface area contributed by atoms with E-state index in [-0.39, 0.29) is 5.75 Å². The molecule has 0 aliphatic carbocycles. The number of halogens is 1. The molecule has 1 aromatic heterocycles. The van der Waals surface area contributed by atoms with Gasteiger partial charge in [0.15, 0.2) is 5.16 Å². The van der Waals surface area contributed by atoms with E-state index in [9.17, 15) is 9.59 Å². The number of carboxylic acid groups (broad SMARTS) is 1. The average Bonchev–Trinajstić information content (AvgIpc) is 2.72. The topological polar surface area (TPSA) is 98.2 Å². The van der Waals surface area contributed by atoms with E-state index in [2.05, 4.69) is 4.98 Å². The van der Waals surface area contributed by atoms with Gasteiger partial charge < -0.3 is 15.4 Å². The van der Waals surface area contributed by atoms with E-state index >= 15 is 0 Å². The molecule has 3 N–H and O–H groups in total. The van der Waals surface area contributed by atoms with Crippen LogP contribution in [0.3, 0.4) is 0 Å². The summed E-state index contributed by atoms with van der Waals surface area (Å²) in [5.74, 6) is -1.63. The molecule has 0 aliphatic heterocycles. The van der Waals surface area contributed by atoms with E-state index in [1.165, 1.54) is 0 Å². The van der Waals surface area contributed by atoms with Gasteiger partial charge in [-0.2, -0.15) is 0 Å². The highest BCUT2D eigenvalue weighted by atomic mass is 35.5. The highest BCUT2D eigenvalue weighted by Crippen LogP contribution is 2.29. The number of nitrogens with zero attached hydrogens (tertiary/aromatic N) is 2. The third-order valence-corrected chi connectivity index (χ3v) is 3.92. The van der Waals surface area contributed by atoms with E-state index in [0.717, 1.165) is 11.8 Å². The summed E-state index contributed by atoms with van der Waals surface area (Å²) in [6.07, 6.45) is 0. The summed E-state index contributed by atoms with van der Waals surface area (Å²) in [5.41, 5.74) is 6.62. The summed E-state index contributed by atoms with van der Waals surface area (Å²) in [4.78, 5) is 26.4. The number of aliphatic carboxylic acids is 1. The summed E-state index contributed by atoms with van der Waals surface area (Å²) >= 11 is 6.94. The van der Waals surface area contributed by atoms with Crippen LogP contribution in [-0.4, -0.2) is 32.3 Å². The summed E-state index contributed by atoms with van der Waals surface area (Å²) in [5, 5.41) is 9.71. The SMILES string of the molecule is CC(C(N)=O)n1c(SCC(=O)O)nc2cc(Cl)ccc21. The third-order valence-electron chi connectivity index (χ3n) is 2.74. The first-order valence-electron chi connectivity index (χ1n) is 5.71. The fourth-order valence-corrected chi connectivity index (χ4v) is 2.76. The minimum Gasteiger partial charge on any atom is -0.481 e. The fraction of sp³-hybridized carbons (Fsp3) is 0.250. The summed E-state index contributed by atoms with van der Waals surface area (Å²) in [6.45, 7) is 1.64. The van der Waals surface area contributed by atoms with Crippen molar-refractivity contribution in [3.63, 3.8) is 0 Å². The van der Waals surface area contributed by atoms with Crippen LogP contribution < -0.4 is 5.73 Å². The number of hydrogen-bond acceptors (Lipinski definition) is 4. The largest absolute Gasteiger partial charge is 0.481 e. The van der Waals surface area contributed by atoms with Gasteiger partial charge in [-0.05, 0) is 25.1 Å². The van der Waals surface area contributed by atoms with E-state index in [0.29, 0.717) is 21.2 Å². The minimum atomic E-state index is -0.960. The molecule has 0 saturated heterocycles. The van der Waals surface area contributed by atoms with Crippen molar-refractivity contribution in [2.45, 2.75) is 18.1 Å². The van der Waals surface area contributed by atoms with Crippen molar-refractivity contribution < 1.29 is 14.7 Å². The van der Waals surface area contributed by atoms with Crippen LogP contribution >= 0.6 is 23.4 Å². The molecule has 2 aromatic rings. The molecule has 1 amide bonds. The molecule has 0 bridgehead atoms. The third kappa shape index (κ3) is 2.88. The maximum atomic E-state index is 11.4. The predicted molar refractivity (Wildman–Crippen MR) is 77.0 cm³/mol. The van der Waals surface area contributed by atoms with Crippen LogP contribution in [0.25, 0.3) is 11.0 Å². The number of benzene rings is 1. The smallest absolute Gasteiger partial charge is 0.313 e. The van der Waals surface area contributed by atoms with Crippen LogP contribution in [0.4, 0.5) is 0 Å². The molecule has 8 heteroatoms. The molecule has 106 valence electrons. The minimum absolute atomic E-state index is 0.150. The molecule has 1 atom stereocenters. The number of primary amides is 1. The molecule has 0 radical (unpaired) electrons. The van der Waals surface area contributed by atoms with E-state index in [1.807, 2.05) is 0 Å². The van der Waals surface area contributed by atoms with Crippen molar-refractivity contribution in [2.24, 2.45) is 5.73 Å². The summed E-state index contributed by atoms with van der Waals surface area (Å²) in [7, 11) is 0. The number of aromatic nitrogens is 2. The van der Waals surface area contributed by atoms with Crippen LogP contribution in [0.5, 0.6) is 0 Å². The normalized spacial score (nSPS) is 12.5. The van der Waals surface area contributed by atoms with Gasteiger partial charge in [0, 0.05) is 5.02 Å². The number of nitrogens with two attached hydrogens (primary N) is 1. The molecule has 1 unspecified atom stereocenters. The van der Waals surface area contributed by atoms with Crippen LogP contribution in [-0.2, 0) is 9.59 Å². The van der Waals surface area contributed by atoms with E-state index in [4.69, 9.17) is 22.4 Å². The molecular formula is C12H12ClN3O3S. The van der Waals surface area contributed by atoms with Crippen molar-refractivity contribution in [1.82, 2.24) is 9.55 Å². The van der Waals surface area contributed by atoms with Crippen LogP contribution in [0.1, 0.15) is 13.0 Å². The predicted octanol–water partition coefficient (Wildman–Crippen LogP) is 1.91. The van der Waals surface area contributed by atoms with Crippen molar-refractivity contribution >= 4 is 46.3 Å². The van der Waals surface area contributed by atoms with Gasteiger partial charge in [-0.25, -0.2) is 4.98 Å². The van der Waals surface area contributed by atoms with Gasteiger partial charge in [0.25, 0.3) is 0 Å². The number of amides is 1. The number of thioether (sulfide) groups is 1. The van der Waals surface area contributed by atoms with Crippen molar-refractivity contribution in [1.29, 1.82) is 0 Å². The van der Waals surface area contributed by atoms with E-state index < -0.39 is 17.9 Å². The maximum absolute atomic E-state index is 11.4. The van der Waals surface area contributed by atoms with Gasteiger partial charge in [-0.1, -0.05) is 23.4 Å². The van der Waals surface area contributed by atoms with Gasteiger partial charge in [0.05, 0.1) is 16.8 Å². The maximum Gasteiger partial charge on any atom is 0.313 e. The molecule has 1 aromatic carbocycles. The lowest BCUT2D eigenvalue weighted by atomic mass is 10.2. The molecule has 20 heavy (non-hydrogen) atoms. The zero-order valence-corrected chi connectivity index (χ0v) is 12.1. The Labute approximate surface area is 123 Å². The second kappa shape index (κ2) is 5.72. The van der Waals surface area contributed by atoms with Crippen molar-refractivity contribution in [3.8, 4) is 0 Å². The second-order valence-corrected chi connectivity index (χ2v) is 5.54. The Balaban J connectivity index is 2.56. The lowest BCUT2D eigenvalue weighted by Crippen LogP contribution is -2.24. The molecule has 1 heterocycles. The van der Waals surface area contributed by atoms with Crippen LogP contribution in [0.15, 0.2) is 23.4 Å². The molecule has 0 aliphatic rings. The number of carbonyl (C=O) groups is 2. The zero-order chi connectivity index (χ0) is 14.9. The Bertz CT molecular complexity index is 686. The Hall–Kier alpha value is -1.73.